The molecule has 0 radical (unpaired) electrons. The van der Waals surface area contributed by atoms with Crippen molar-refractivity contribution in [2.45, 2.75) is 38.5 Å². The summed E-state index contributed by atoms with van der Waals surface area (Å²) >= 11 is 0. The summed E-state index contributed by atoms with van der Waals surface area (Å²) in [5.41, 5.74) is 19.2. The van der Waals surface area contributed by atoms with E-state index >= 15 is 0 Å². The predicted octanol–water partition coefficient (Wildman–Crippen LogP) is 13.6. The van der Waals surface area contributed by atoms with Crippen molar-refractivity contribution in [3.05, 3.63) is 217 Å². The normalized spacial score (nSPS) is 13.5. The van der Waals surface area contributed by atoms with E-state index in [1.807, 2.05) is 72.8 Å². The van der Waals surface area contributed by atoms with E-state index in [4.69, 9.17) is 29.9 Å². The zero-order valence-electron chi connectivity index (χ0n) is 39.9. The summed E-state index contributed by atoms with van der Waals surface area (Å²) < 4.78 is 0. The first-order chi connectivity index (χ1) is 35.2. The fourth-order valence-electron chi connectivity index (χ4n) is 10.4. The van der Waals surface area contributed by atoms with Crippen molar-refractivity contribution in [2.24, 2.45) is 0 Å². The largest absolute Gasteiger partial charge is 0.253 e. The smallest absolute Gasteiger partial charge is 0.182 e. The van der Waals surface area contributed by atoms with Gasteiger partial charge in [0.15, 0.2) is 34.9 Å². The second kappa shape index (κ2) is 16.7. The minimum atomic E-state index is -0.214. The minimum absolute atomic E-state index is 0.214. The molecule has 5 aromatic carbocycles. The molecule has 0 unspecified atom stereocenters. The molecule has 0 amide bonds. The Hall–Kier alpha value is -9.28. The van der Waals surface area contributed by atoms with Gasteiger partial charge in [0.1, 0.15) is 22.8 Å². The number of hydrogen-bond acceptors (Lipinski definition) is 10. The molecule has 0 bridgehead atoms. The van der Waals surface area contributed by atoms with Crippen LogP contribution in [0.4, 0.5) is 0 Å². The van der Waals surface area contributed by atoms with Crippen LogP contribution < -0.4 is 0 Å². The highest BCUT2D eigenvalue weighted by Gasteiger charge is 2.42. The van der Waals surface area contributed by atoms with E-state index in [1.165, 1.54) is 44.5 Å². The monoisotopic (exact) mass is 928 g/mol. The maximum atomic E-state index is 4.87. The van der Waals surface area contributed by atoms with Gasteiger partial charge in [-0.1, -0.05) is 125 Å². The Morgan fingerprint density at radius 3 is 0.833 bits per heavy atom. The zero-order chi connectivity index (χ0) is 48.6. The second-order valence-electron chi connectivity index (χ2n) is 19.3. The summed E-state index contributed by atoms with van der Waals surface area (Å²) in [7, 11) is 0. The molecular weight excluding hydrogens is 885 g/mol. The molecule has 13 rings (SSSR count). The SMILES string of the molecule is CC1(C)c2cc(-c3ccc(-c4nc(-c5ccccn5)nc(-c5ccccn5)n4)cc3)ccc2-c2cc3c(cc21)-c1ccc(-c2ccc(-c4nc(-c5ccccn5)nc(-c5ccccn5)n4)cc2)cc1C3(C)C. The molecular formula is C62H44N10. The van der Waals surface area contributed by atoms with Crippen LogP contribution in [0.1, 0.15) is 49.9 Å². The molecule has 0 fully saturated rings. The molecule has 0 saturated heterocycles. The summed E-state index contributed by atoms with van der Waals surface area (Å²) in [4.78, 5) is 47.1. The molecule has 11 aromatic rings. The summed E-state index contributed by atoms with van der Waals surface area (Å²) in [5.74, 6) is 3.14. The third-order valence-corrected chi connectivity index (χ3v) is 14.3. The summed E-state index contributed by atoms with van der Waals surface area (Å²) in [6, 6.07) is 58.7. The quantitative estimate of drug-likeness (QED) is 0.145. The summed E-state index contributed by atoms with van der Waals surface area (Å²) in [6.07, 6.45) is 6.98. The fourth-order valence-corrected chi connectivity index (χ4v) is 10.4. The molecule has 0 atom stereocenters. The van der Waals surface area contributed by atoms with Crippen molar-refractivity contribution in [2.75, 3.05) is 0 Å². The highest BCUT2D eigenvalue weighted by molar-refractivity contribution is 5.91. The number of benzene rings is 5. The average molecular weight is 929 g/mol. The average Bonchev–Trinajstić information content (AvgIpc) is 3.81. The minimum Gasteiger partial charge on any atom is -0.253 e. The number of aromatic nitrogens is 10. The van der Waals surface area contributed by atoms with Gasteiger partial charge in [0.2, 0.25) is 0 Å². The lowest BCUT2D eigenvalue weighted by Crippen LogP contribution is -2.17. The summed E-state index contributed by atoms with van der Waals surface area (Å²) in [6.45, 7) is 9.44. The molecule has 72 heavy (non-hydrogen) atoms. The number of hydrogen-bond donors (Lipinski definition) is 0. The van der Waals surface area contributed by atoms with Crippen LogP contribution in [0.3, 0.4) is 0 Å². The van der Waals surface area contributed by atoms with E-state index in [-0.39, 0.29) is 10.8 Å². The maximum absolute atomic E-state index is 4.87. The Labute approximate surface area is 416 Å². The zero-order valence-corrected chi connectivity index (χ0v) is 39.9. The van der Waals surface area contributed by atoms with Crippen molar-refractivity contribution < 1.29 is 0 Å². The van der Waals surface area contributed by atoms with Crippen LogP contribution >= 0.6 is 0 Å². The van der Waals surface area contributed by atoms with E-state index in [1.54, 1.807) is 24.8 Å². The van der Waals surface area contributed by atoms with E-state index in [2.05, 4.69) is 145 Å². The Bertz CT molecular complexity index is 3510. The molecule has 6 aromatic heterocycles. The molecule has 0 N–H and O–H groups in total. The first-order valence-electron chi connectivity index (χ1n) is 24.0. The molecule has 10 nitrogen and oxygen atoms in total. The van der Waals surface area contributed by atoms with Crippen LogP contribution in [-0.2, 0) is 10.8 Å². The Morgan fingerprint density at radius 2 is 0.528 bits per heavy atom. The van der Waals surface area contributed by atoms with Gasteiger partial charge >= 0.3 is 0 Å². The Balaban J connectivity index is 0.789. The van der Waals surface area contributed by atoms with Crippen molar-refractivity contribution in [3.8, 4) is 113 Å². The van der Waals surface area contributed by atoms with E-state index < -0.39 is 0 Å². The van der Waals surface area contributed by atoms with Gasteiger partial charge in [-0.05, 0) is 140 Å². The van der Waals surface area contributed by atoms with Crippen molar-refractivity contribution in [1.82, 2.24) is 49.8 Å². The number of rotatable bonds is 8. The van der Waals surface area contributed by atoms with Crippen molar-refractivity contribution >= 4 is 0 Å². The van der Waals surface area contributed by atoms with Gasteiger partial charge < -0.3 is 0 Å². The van der Waals surface area contributed by atoms with Crippen LogP contribution in [0.2, 0.25) is 0 Å². The molecule has 0 saturated carbocycles. The lowest BCUT2D eigenvalue weighted by molar-refractivity contribution is 0.652. The second-order valence-corrected chi connectivity index (χ2v) is 19.3. The third-order valence-electron chi connectivity index (χ3n) is 14.3. The van der Waals surface area contributed by atoms with Gasteiger partial charge in [-0.3, -0.25) is 19.9 Å². The van der Waals surface area contributed by atoms with E-state index in [9.17, 15) is 0 Å². The maximum Gasteiger partial charge on any atom is 0.182 e. The lowest BCUT2D eigenvalue weighted by Gasteiger charge is -2.24. The first-order valence-corrected chi connectivity index (χ1v) is 24.0. The van der Waals surface area contributed by atoms with E-state index in [0.29, 0.717) is 57.7 Å². The molecule has 10 heteroatoms. The van der Waals surface area contributed by atoms with Crippen molar-refractivity contribution in [3.63, 3.8) is 0 Å². The van der Waals surface area contributed by atoms with Crippen LogP contribution in [0.25, 0.3) is 113 Å². The number of nitrogens with zero attached hydrogens (tertiary/aromatic N) is 10. The van der Waals surface area contributed by atoms with Crippen molar-refractivity contribution in [1.29, 1.82) is 0 Å². The van der Waals surface area contributed by atoms with Gasteiger partial charge in [-0.25, -0.2) is 29.9 Å². The van der Waals surface area contributed by atoms with Crippen LogP contribution in [-0.4, -0.2) is 49.8 Å². The van der Waals surface area contributed by atoms with Gasteiger partial charge in [0.25, 0.3) is 0 Å². The van der Waals surface area contributed by atoms with Crippen LogP contribution in [0.5, 0.6) is 0 Å². The first kappa shape index (κ1) is 42.8. The standard InChI is InChI=1S/C62H44N10/c1-61(2)47-33-41(37-17-21-39(22-18-37)55-67-57(51-13-5-9-29-63-51)71-58(68-55)52-14-6-10-30-64-52)25-27-43(47)45-36-50-46(35-49(45)61)44-28-26-42(34-48(44)62(50,3)4)38-19-23-40(24-20-38)56-69-59(53-15-7-11-31-65-53)72-60(70-56)54-16-8-12-32-66-54/h5-36H,1-4H3. The summed E-state index contributed by atoms with van der Waals surface area (Å²) in [5, 5.41) is 0. The number of fused-ring (bicyclic) bond motifs is 6. The predicted molar refractivity (Wildman–Crippen MR) is 283 cm³/mol. The molecule has 6 heterocycles. The molecule has 2 aliphatic carbocycles. The molecule has 0 aliphatic heterocycles. The lowest BCUT2D eigenvalue weighted by atomic mass is 9.79. The van der Waals surface area contributed by atoms with Gasteiger partial charge in [0, 0.05) is 46.7 Å². The van der Waals surface area contributed by atoms with Gasteiger partial charge in [-0.15, -0.1) is 0 Å². The van der Waals surface area contributed by atoms with Gasteiger partial charge in [0.05, 0.1) is 0 Å². The Morgan fingerprint density at radius 1 is 0.250 bits per heavy atom. The highest BCUT2D eigenvalue weighted by atomic mass is 15.1. The number of pyridine rings is 4. The van der Waals surface area contributed by atoms with Crippen LogP contribution in [0, 0.1) is 0 Å². The molecule has 0 spiro atoms. The molecule has 2 aliphatic rings. The Kier molecular flexibility index (Phi) is 9.93. The highest BCUT2D eigenvalue weighted by Crippen LogP contribution is 2.57. The van der Waals surface area contributed by atoms with E-state index in [0.717, 1.165) is 33.4 Å². The fraction of sp³-hybridized carbons (Fsp3) is 0.0968. The molecule has 342 valence electrons. The third kappa shape index (κ3) is 7.26. The van der Waals surface area contributed by atoms with Gasteiger partial charge in [-0.2, -0.15) is 0 Å². The van der Waals surface area contributed by atoms with Crippen LogP contribution in [0.15, 0.2) is 195 Å². The topological polar surface area (TPSA) is 129 Å².